The summed E-state index contributed by atoms with van der Waals surface area (Å²) in [7, 11) is 0. The van der Waals surface area contributed by atoms with Crippen molar-refractivity contribution in [2.45, 2.75) is 12.8 Å². The number of carbonyl (C=O) groups excluding carboxylic acids is 1. The molecule has 0 aromatic heterocycles. The molecule has 1 heterocycles. The van der Waals surface area contributed by atoms with Crippen molar-refractivity contribution in [2.24, 2.45) is 5.92 Å². The van der Waals surface area contributed by atoms with Gasteiger partial charge in [0.25, 0.3) is 0 Å². The summed E-state index contributed by atoms with van der Waals surface area (Å²) < 4.78 is 38.8. The van der Waals surface area contributed by atoms with Crippen molar-refractivity contribution in [3.8, 4) is 0 Å². The number of likely N-dealkylation sites (tertiary alicyclic amines) is 1. The number of nitrogens with zero attached hydrogens (tertiary/aromatic N) is 1. The Bertz CT molecular complexity index is 557. The van der Waals surface area contributed by atoms with E-state index in [4.69, 9.17) is 5.11 Å². The normalized spacial score (nSPS) is 17.9. The van der Waals surface area contributed by atoms with Crippen molar-refractivity contribution < 1.29 is 27.9 Å². The Morgan fingerprint density at radius 1 is 1.29 bits per heavy atom. The Balaban J connectivity index is 1.98. The Hall–Kier alpha value is -2.25. The van der Waals surface area contributed by atoms with Crippen molar-refractivity contribution in [2.75, 3.05) is 18.4 Å². The predicted octanol–water partition coefficient (Wildman–Crippen LogP) is 2.43. The molecule has 0 bridgehead atoms. The van der Waals surface area contributed by atoms with Gasteiger partial charge in [-0.1, -0.05) is 0 Å². The minimum Gasteiger partial charge on any atom is -0.481 e. The monoisotopic (exact) mass is 302 g/mol. The van der Waals surface area contributed by atoms with Gasteiger partial charge in [-0.15, -0.1) is 0 Å². The van der Waals surface area contributed by atoms with Crippen LogP contribution >= 0.6 is 0 Å². The van der Waals surface area contributed by atoms with E-state index in [1.807, 2.05) is 0 Å². The average Bonchev–Trinajstić information content (AvgIpc) is 2.83. The van der Waals surface area contributed by atoms with E-state index < -0.39 is 29.5 Å². The number of amides is 2. The molecule has 0 aliphatic carbocycles. The van der Waals surface area contributed by atoms with Gasteiger partial charge in [0.1, 0.15) is 0 Å². The third kappa shape index (κ3) is 3.65. The van der Waals surface area contributed by atoms with Crippen LogP contribution in [0.4, 0.5) is 23.7 Å². The molecule has 1 fully saturated rings. The van der Waals surface area contributed by atoms with Crippen LogP contribution in [-0.4, -0.2) is 35.1 Å². The Morgan fingerprint density at radius 3 is 2.48 bits per heavy atom. The first-order chi connectivity index (χ1) is 9.86. The molecule has 1 aromatic rings. The van der Waals surface area contributed by atoms with Crippen molar-refractivity contribution >= 4 is 17.7 Å². The number of nitrogens with one attached hydrogen (secondary N) is 1. The minimum absolute atomic E-state index is 0.0381. The van der Waals surface area contributed by atoms with Crippen LogP contribution in [0.25, 0.3) is 0 Å². The third-order valence-electron chi connectivity index (χ3n) is 3.27. The summed E-state index contributed by atoms with van der Waals surface area (Å²) in [6.45, 7) is 0.611. The number of carboxylic acids is 1. The van der Waals surface area contributed by atoms with Crippen molar-refractivity contribution in [3.63, 3.8) is 0 Å². The summed E-state index contributed by atoms with van der Waals surface area (Å²) in [5, 5.41) is 10.9. The molecule has 1 aromatic carbocycles. The highest BCUT2D eigenvalue weighted by Crippen LogP contribution is 2.22. The highest BCUT2D eigenvalue weighted by Gasteiger charge is 2.28. The second-order valence-corrected chi connectivity index (χ2v) is 4.88. The number of hydrogen-bond acceptors (Lipinski definition) is 2. The van der Waals surface area contributed by atoms with Crippen LogP contribution in [0.1, 0.15) is 12.8 Å². The standard InChI is InChI=1S/C13H13F3N2O3/c14-9-4-8(5-10(15)12(9)16)17-13(21)18-2-1-7(6-18)3-11(19)20/h4-5,7H,1-3,6H2,(H,17,21)(H,19,20). The molecule has 1 atom stereocenters. The van der Waals surface area contributed by atoms with Gasteiger partial charge >= 0.3 is 12.0 Å². The largest absolute Gasteiger partial charge is 0.481 e. The average molecular weight is 302 g/mol. The number of carboxylic acid groups (broad SMARTS) is 1. The molecule has 2 rings (SSSR count). The van der Waals surface area contributed by atoms with E-state index in [1.54, 1.807) is 0 Å². The van der Waals surface area contributed by atoms with Crippen molar-refractivity contribution in [1.82, 2.24) is 4.90 Å². The maximum atomic E-state index is 13.0. The summed E-state index contributed by atoms with van der Waals surface area (Å²) in [5.41, 5.74) is -0.196. The Labute approximate surface area is 118 Å². The molecule has 5 nitrogen and oxygen atoms in total. The lowest BCUT2D eigenvalue weighted by molar-refractivity contribution is -0.138. The number of urea groups is 1. The molecular formula is C13H13F3N2O3. The second kappa shape index (κ2) is 6.02. The molecule has 8 heteroatoms. The summed E-state index contributed by atoms with van der Waals surface area (Å²) >= 11 is 0. The van der Waals surface area contributed by atoms with Crippen molar-refractivity contribution in [1.29, 1.82) is 0 Å². The Kier molecular flexibility index (Phi) is 4.35. The number of rotatable bonds is 3. The molecular weight excluding hydrogens is 289 g/mol. The number of benzene rings is 1. The second-order valence-electron chi connectivity index (χ2n) is 4.88. The predicted molar refractivity (Wildman–Crippen MR) is 67.3 cm³/mol. The molecule has 1 unspecified atom stereocenters. The minimum atomic E-state index is -1.60. The maximum absolute atomic E-state index is 13.0. The lowest BCUT2D eigenvalue weighted by Crippen LogP contribution is -2.33. The Morgan fingerprint density at radius 2 is 1.90 bits per heavy atom. The van der Waals surface area contributed by atoms with E-state index in [1.165, 1.54) is 4.90 Å². The van der Waals surface area contributed by atoms with Crippen LogP contribution in [0, 0.1) is 23.4 Å². The fourth-order valence-corrected chi connectivity index (χ4v) is 2.26. The maximum Gasteiger partial charge on any atom is 0.321 e. The zero-order valence-corrected chi connectivity index (χ0v) is 10.9. The fourth-order valence-electron chi connectivity index (χ4n) is 2.26. The van der Waals surface area contributed by atoms with Gasteiger partial charge in [0.15, 0.2) is 17.5 Å². The van der Waals surface area contributed by atoms with Gasteiger partial charge in [0, 0.05) is 37.3 Å². The van der Waals surface area contributed by atoms with Gasteiger partial charge in [-0.05, 0) is 12.3 Å². The van der Waals surface area contributed by atoms with Crippen LogP contribution in [-0.2, 0) is 4.79 Å². The van der Waals surface area contributed by atoms with Crippen molar-refractivity contribution in [3.05, 3.63) is 29.6 Å². The quantitative estimate of drug-likeness (QED) is 0.843. The van der Waals surface area contributed by atoms with E-state index in [2.05, 4.69) is 5.32 Å². The zero-order chi connectivity index (χ0) is 15.6. The lowest BCUT2D eigenvalue weighted by Gasteiger charge is -2.17. The molecule has 0 spiro atoms. The number of anilines is 1. The topological polar surface area (TPSA) is 69.6 Å². The van der Waals surface area contributed by atoms with Gasteiger partial charge in [0.2, 0.25) is 0 Å². The molecule has 1 aliphatic heterocycles. The van der Waals surface area contributed by atoms with Crippen LogP contribution in [0.3, 0.4) is 0 Å². The molecule has 0 radical (unpaired) electrons. The molecule has 2 amide bonds. The van der Waals surface area contributed by atoms with Gasteiger partial charge in [0.05, 0.1) is 0 Å². The van der Waals surface area contributed by atoms with Crippen LogP contribution in [0.5, 0.6) is 0 Å². The summed E-state index contributed by atoms with van der Waals surface area (Å²) in [6, 6.07) is 0.760. The molecule has 0 saturated carbocycles. The number of hydrogen-bond donors (Lipinski definition) is 2. The molecule has 2 N–H and O–H groups in total. The number of carbonyl (C=O) groups is 2. The summed E-state index contributed by atoms with van der Waals surface area (Å²) in [6.07, 6.45) is 0.509. The molecule has 1 saturated heterocycles. The van der Waals surface area contributed by atoms with Gasteiger partial charge in [-0.25, -0.2) is 18.0 Å². The smallest absolute Gasteiger partial charge is 0.321 e. The van der Waals surface area contributed by atoms with E-state index in [-0.39, 0.29) is 24.6 Å². The highest BCUT2D eigenvalue weighted by molar-refractivity contribution is 5.89. The number of halogens is 3. The summed E-state index contributed by atoms with van der Waals surface area (Å²) in [4.78, 5) is 23.8. The SMILES string of the molecule is O=C(O)CC1CCN(C(=O)Nc2cc(F)c(F)c(F)c2)C1. The van der Waals surface area contributed by atoms with E-state index >= 15 is 0 Å². The van der Waals surface area contributed by atoms with Gasteiger partial charge in [-0.3, -0.25) is 4.79 Å². The van der Waals surface area contributed by atoms with Crippen LogP contribution < -0.4 is 5.32 Å². The highest BCUT2D eigenvalue weighted by atomic mass is 19.2. The van der Waals surface area contributed by atoms with Gasteiger partial charge in [-0.2, -0.15) is 0 Å². The third-order valence-corrected chi connectivity index (χ3v) is 3.27. The van der Waals surface area contributed by atoms with Crippen LogP contribution in [0.2, 0.25) is 0 Å². The molecule has 114 valence electrons. The van der Waals surface area contributed by atoms with E-state index in [0.29, 0.717) is 25.1 Å². The first kappa shape index (κ1) is 15.1. The zero-order valence-electron chi connectivity index (χ0n) is 10.9. The lowest BCUT2D eigenvalue weighted by atomic mass is 10.1. The first-order valence-corrected chi connectivity index (χ1v) is 6.29. The first-order valence-electron chi connectivity index (χ1n) is 6.29. The van der Waals surface area contributed by atoms with E-state index in [0.717, 1.165) is 0 Å². The van der Waals surface area contributed by atoms with Crippen LogP contribution in [0.15, 0.2) is 12.1 Å². The fraction of sp³-hybridized carbons (Fsp3) is 0.385. The summed E-state index contributed by atoms with van der Waals surface area (Å²) in [5.74, 6) is -5.47. The molecule has 21 heavy (non-hydrogen) atoms. The molecule has 1 aliphatic rings. The number of aliphatic carboxylic acids is 1. The van der Waals surface area contributed by atoms with Gasteiger partial charge < -0.3 is 15.3 Å². The van der Waals surface area contributed by atoms with E-state index in [9.17, 15) is 22.8 Å².